The fourth-order valence-electron chi connectivity index (χ4n) is 3.56. The van der Waals surface area contributed by atoms with E-state index < -0.39 is 0 Å². The Hall–Kier alpha value is -1.76. The topological polar surface area (TPSA) is 95.2 Å². The number of carbonyl (C=O) groups is 1. The van der Waals surface area contributed by atoms with Crippen LogP contribution in [0.1, 0.15) is 46.2 Å². The minimum Gasteiger partial charge on any atom is -0.508 e. The fraction of sp³-hybridized carbons (Fsp3) is 0.444. The van der Waals surface area contributed by atoms with Crippen molar-refractivity contribution in [2.24, 2.45) is 11.7 Å². The number of phenolic OH excluding ortho intramolecular Hbond substituents is 1. The molecule has 1 aliphatic heterocycles. The van der Waals surface area contributed by atoms with Crippen LogP contribution in [0.2, 0.25) is 10.0 Å². The lowest BCUT2D eigenvalue weighted by Crippen LogP contribution is -2.41. The number of hydrogen-bond donors (Lipinski definition) is 3. The third-order valence-electron chi connectivity index (χ3n) is 5.11. The summed E-state index contributed by atoms with van der Waals surface area (Å²) in [7, 11) is 0. The van der Waals surface area contributed by atoms with Gasteiger partial charge >= 0.3 is 0 Å². The van der Waals surface area contributed by atoms with Gasteiger partial charge in [0.2, 0.25) is 0 Å². The van der Waals surface area contributed by atoms with E-state index in [9.17, 15) is 9.90 Å². The van der Waals surface area contributed by atoms with Crippen LogP contribution in [0, 0.1) is 19.8 Å². The molecular weight excluding hydrogens is 375 g/mol. The van der Waals surface area contributed by atoms with Gasteiger partial charge in [0, 0.05) is 36.5 Å². The monoisotopic (exact) mass is 396 g/mol. The van der Waals surface area contributed by atoms with Gasteiger partial charge in [0.1, 0.15) is 5.75 Å². The van der Waals surface area contributed by atoms with E-state index in [-0.39, 0.29) is 23.6 Å². The molecular formula is C18H22Cl2N4O2. The molecule has 0 radical (unpaired) electrons. The number of aromatic hydroxyl groups is 1. The third-order valence-corrected chi connectivity index (χ3v) is 5.83. The molecule has 1 fully saturated rings. The number of aryl methyl sites for hydroxylation is 2. The van der Waals surface area contributed by atoms with E-state index in [1.165, 1.54) is 6.07 Å². The Morgan fingerprint density at radius 1 is 1.31 bits per heavy atom. The number of phenols is 1. The molecule has 0 aliphatic carbocycles. The molecule has 1 aliphatic rings. The predicted molar refractivity (Wildman–Crippen MR) is 102 cm³/mol. The highest BCUT2D eigenvalue weighted by atomic mass is 35.5. The zero-order valence-electron chi connectivity index (χ0n) is 14.7. The molecule has 1 amide bonds. The summed E-state index contributed by atoms with van der Waals surface area (Å²) in [5.41, 5.74) is 9.11. The van der Waals surface area contributed by atoms with E-state index in [0.717, 1.165) is 18.5 Å². The second-order valence-electron chi connectivity index (χ2n) is 6.79. The highest BCUT2D eigenvalue weighted by Gasteiger charge is 2.30. The molecule has 0 saturated carbocycles. The summed E-state index contributed by atoms with van der Waals surface area (Å²) >= 11 is 12.0. The first-order chi connectivity index (χ1) is 12.3. The Morgan fingerprint density at radius 2 is 1.92 bits per heavy atom. The molecule has 2 aromatic rings. The number of nitrogens with zero attached hydrogens (tertiary/aromatic N) is 2. The van der Waals surface area contributed by atoms with Gasteiger partial charge in [-0.2, -0.15) is 5.10 Å². The average molecular weight is 397 g/mol. The van der Waals surface area contributed by atoms with E-state index in [0.29, 0.717) is 40.0 Å². The summed E-state index contributed by atoms with van der Waals surface area (Å²) in [5, 5.41) is 17.8. The van der Waals surface area contributed by atoms with Gasteiger partial charge in [0.05, 0.1) is 21.3 Å². The Morgan fingerprint density at radius 3 is 2.50 bits per heavy atom. The van der Waals surface area contributed by atoms with Gasteiger partial charge < -0.3 is 15.7 Å². The number of amides is 1. The highest BCUT2D eigenvalue weighted by molar-refractivity contribution is 6.42. The minimum atomic E-state index is -0.362. The van der Waals surface area contributed by atoms with E-state index in [1.54, 1.807) is 6.07 Å². The summed E-state index contributed by atoms with van der Waals surface area (Å²) in [6, 6.07) is 2.68. The number of halogens is 2. The van der Waals surface area contributed by atoms with E-state index in [1.807, 2.05) is 18.7 Å². The molecule has 0 unspecified atom stereocenters. The normalized spacial score (nSPS) is 16.7. The van der Waals surface area contributed by atoms with Crippen LogP contribution in [-0.2, 0) is 0 Å². The number of nitrogens with two attached hydrogens (primary N) is 1. The molecule has 140 valence electrons. The van der Waals surface area contributed by atoms with Crippen molar-refractivity contribution in [2.45, 2.75) is 32.7 Å². The summed E-state index contributed by atoms with van der Waals surface area (Å²) in [5.74, 6) is 0.196. The molecule has 3 rings (SSSR count). The first kappa shape index (κ1) is 19.0. The molecule has 8 heteroatoms. The van der Waals surface area contributed by atoms with Gasteiger partial charge in [-0.1, -0.05) is 23.2 Å². The van der Waals surface area contributed by atoms with Crippen LogP contribution in [0.5, 0.6) is 5.75 Å². The van der Waals surface area contributed by atoms with Crippen molar-refractivity contribution >= 4 is 29.1 Å². The van der Waals surface area contributed by atoms with Crippen molar-refractivity contribution < 1.29 is 9.90 Å². The molecule has 0 spiro atoms. The lowest BCUT2D eigenvalue weighted by Gasteiger charge is -2.35. The van der Waals surface area contributed by atoms with Crippen molar-refractivity contribution in [3.8, 4) is 5.75 Å². The molecule has 0 bridgehead atoms. The molecule has 6 nitrogen and oxygen atoms in total. The van der Waals surface area contributed by atoms with Crippen molar-refractivity contribution in [2.75, 3.05) is 13.1 Å². The van der Waals surface area contributed by atoms with Crippen LogP contribution in [0.15, 0.2) is 12.1 Å². The van der Waals surface area contributed by atoms with Crippen molar-refractivity contribution in [1.82, 2.24) is 15.1 Å². The zero-order valence-corrected chi connectivity index (χ0v) is 16.2. The van der Waals surface area contributed by atoms with Gasteiger partial charge in [-0.3, -0.25) is 9.89 Å². The standard InChI is InChI=1S/C18H22Cl2N4O2/c1-9-16(10(2)23-22-9)18(26)24-5-3-11(4-6-24)17(21)12-7-13(19)14(20)8-15(12)25/h7-8,11,17,25H,3-6,21H2,1-2H3,(H,22,23)/t17-/m1/s1. The van der Waals surface area contributed by atoms with Crippen LogP contribution >= 0.6 is 23.2 Å². The number of piperidine rings is 1. The van der Waals surface area contributed by atoms with Gasteiger partial charge in [-0.25, -0.2) is 0 Å². The number of rotatable bonds is 3. The van der Waals surface area contributed by atoms with Gasteiger partial charge in [-0.05, 0) is 38.7 Å². The number of likely N-dealkylation sites (tertiary alicyclic amines) is 1. The van der Waals surface area contributed by atoms with Crippen LogP contribution in [-0.4, -0.2) is 39.2 Å². The van der Waals surface area contributed by atoms with Crippen LogP contribution in [0.3, 0.4) is 0 Å². The Bertz CT molecular complexity index is 809. The SMILES string of the molecule is Cc1n[nH]c(C)c1C(=O)N1CCC([C@@H](N)c2cc(Cl)c(Cl)cc2O)CC1. The largest absolute Gasteiger partial charge is 0.508 e. The van der Waals surface area contributed by atoms with Crippen molar-refractivity contribution in [3.05, 3.63) is 44.7 Å². The van der Waals surface area contributed by atoms with Gasteiger partial charge in [0.25, 0.3) is 5.91 Å². The molecule has 4 N–H and O–H groups in total. The van der Waals surface area contributed by atoms with Gasteiger partial charge in [0.15, 0.2) is 0 Å². The molecule has 1 saturated heterocycles. The maximum atomic E-state index is 12.7. The zero-order chi connectivity index (χ0) is 19.0. The summed E-state index contributed by atoms with van der Waals surface area (Å²) in [4.78, 5) is 14.6. The van der Waals surface area contributed by atoms with Crippen molar-refractivity contribution in [3.63, 3.8) is 0 Å². The number of aromatic nitrogens is 2. The minimum absolute atomic E-state index is 0.00171. The first-order valence-electron chi connectivity index (χ1n) is 8.54. The maximum absolute atomic E-state index is 12.7. The fourth-order valence-corrected chi connectivity index (χ4v) is 3.89. The number of benzene rings is 1. The first-order valence-corrected chi connectivity index (χ1v) is 9.29. The number of nitrogens with one attached hydrogen (secondary N) is 1. The number of H-pyrrole nitrogens is 1. The number of carbonyl (C=O) groups excluding carboxylic acids is 1. The molecule has 26 heavy (non-hydrogen) atoms. The van der Waals surface area contributed by atoms with Crippen LogP contribution in [0.25, 0.3) is 0 Å². The van der Waals surface area contributed by atoms with E-state index in [2.05, 4.69) is 10.2 Å². The second kappa shape index (κ2) is 7.47. The van der Waals surface area contributed by atoms with E-state index in [4.69, 9.17) is 28.9 Å². The summed E-state index contributed by atoms with van der Waals surface area (Å²) < 4.78 is 0. The number of hydrogen-bond acceptors (Lipinski definition) is 4. The summed E-state index contributed by atoms with van der Waals surface area (Å²) in [6.07, 6.45) is 1.51. The summed E-state index contributed by atoms with van der Waals surface area (Å²) in [6.45, 7) is 4.90. The second-order valence-corrected chi connectivity index (χ2v) is 7.60. The van der Waals surface area contributed by atoms with Crippen LogP contribution in [0.4, 0.5) is 0 Å². The molecule has 1 aromatic carbocycles. The lowest BCUT2D eigenvalue weighted by molar-refractivity contribution is 0.0676. The number of aromatic amines is 1. The van der Waals surface area contributed by atoms with E-state index >= 15 is 0 Å². The third kappa shape index (κ3) is 3.54. The Balaban J connectivity index is 1.69. The quantitative estimate of drug-likeness (QED) is 0.738. The predicted octanol–water partition coefficient (Wildman–Crippen LogP) is 3.59. The lowest BCUT2D eigenvalue weighted by atomic mass is 9.85. The Kier molecular flexibility index (Phi) is 5.46. The van der Waals surface area contributed by atoms with Gasteiger partial charge in [-0.15, -0.1) is 0 Å². The van der Waals surface area contributed by atoms with Crippen LogP contribution < -0.4 is 5.73 Å². The Labute approximate surface area is 162 Å². The van der Waals surface area contributed by atoms with Crippen molar-refractivity contribution in [1.29, 1.82) is 0 Å². The smallest absolute Gasteiger partial charge is 0.257 e. The maximum Gasteiger partial charge on any atom is 0.257 e. The molecule has 1 aromatic heterocycles. The molecule has 2 heterocycles. The molecule has 1 atom stereocenters. The average Bonchev–Trinajstić information content (AvgIpc) is 2.95. The highest BCUT2D eigenvalue weighted by Crippen LogP contribution is 2.38.